The summed E-state index contributed by atoms with van der Waals surface area (Å²) in [5.41, 5.74) is 0.561. The predicted molar refractivity (Wildman–Crippen MR) is 101 cm³/mol. The molecule has 0 spiro atoms. The Bertz CT molecular complexity index is 816. The van der Waals surface area contributed by atoms with E-state index < -0.39 is 0 Å². The van der Waals surface area contributed by atoms with Gasteiger partial charge in [-0.25, -0.2) is 9.97 Å². The molecule has 7 nitrogen and oxygen atoms in total. The van der Waals surface area contributed by atoms with Crippen LogP contribution in [0.25, 0.3) is 10.9 Å². The average molecular weight is 358 g/mol. The second kappa shape index (κ2) is 6.97. The molecule has 1 aromatic carbocycles. The van der Waals surface area contributed by atoms with E-state index >= 15 is 0 Å². The molecule has 1 aliphatic heterocycles. The molecule has 140 valence electrons. The first-order valence-electron chi connectivity index (χ1n) is 8.76. The van der Waals surface area contributed by atoms with Crippen LogP contribution in [-0.2, 0) is 4.79 Å². The van der Waals surface area contributed by atoms with Gasteiger partial charge in [0.2, 0.25) is 5.91 Å². The van der Waals surface area contributed by atoms with Gasteiger partial charge in [0.05, 0.1) is 25.7 Å². The number of carbonyl (C=O) groups excluding carboxylic acids is 1. The van der Waals surface area contributed by atoms with Crippen molar-refractivity contribution in [2.75, 3.05) is 32.2 Å². The Hall–Kier alpha value is -2.57. The van der Waals surface area contributed by atoms with Crippen LogP contribution in [0.5, 0.6) is 11.5 Å². The number of aromatic nitrogens is 2. The Labute approximate surface area is 153 Å². The van der Waals surface area contributed by atoms with E-state index in [9.17, 15) is 4.79 Å². The number of anilines is 1. The fraction of sp³-hybridized carbons (Fsp3) is 0.526. The monoisotopic (exact) mass is 358 g/mol. The molecular weight excluding hydrogens is 332 g/mol. The molecule has 1 atom stereocenters. The van der Waals surface area contributed by atoms with Gasteiger partial charge >= 0.3 is 0 Å². The first-order chi connectivity index (χ1) is 12.3. The second-order valence-corrected chi connectivity index (χ2v) is 7.59. The van der Waals surface area contributed by atoms with Crippen LogP contribution in [0.1, 0.15) is 27.2 Å². The quantitative estimate of drug-likeness (QED) is 0.904. The molecule has 2 aromatic rings. The third-order valence-electron chi connectivity index (χ3n) is 4.48. The number of hydrogen-bond donors (Lipinski definition) is 1. The number of rotatable bonds is 4. The van der Waals surface area contributed by atoms with Crippen LogP contribution >= 0.6 is 0 Å². The van der Waals surface area contributed by atoms with Crippen molar-refractivity contribution >= 4 is 22.6 Å². The first-order valence-corrected chi connectivity index (χ1v) is 8.76. The fourth-order valence-corrected chi connectivity index (χ4v) is 3.26. The smallest absolute Gasteiger partial charge is 0.225 e. The second-order valence-electron chi connectivity index (χ2n) is 7.59. The maximum atomic E-state index is 12.5. The summed E-state index contributed by atoms with van der Waals surface area (Å²) in [5.74, 6) is 2.14. The topological polar surface area (TPSA) is 76.6 Å². The summed E-state index contributed by atoms with van der Waals surface area (Å²) < 4.78 is 10.8. The van der Waals surface area contributed by atoms with Crippen molar-refractivity contribution in [1.29, 1.82) is 0 Å². The zero-order valence-electron chi connectivity index (χ0n) is 16.0. The lowest BCUT2D eigenvalue weighted by Gasteiger charge is -2.23. The Kier molecular flexibility index (Phi) is 4.89. The van der Waals surface area contributed by atoms with E-state index in [4.69, 9.17) is 9.47 Å². The Balaban J connectivity index is 1.88. The molecule has 7 heteroatoms. The molecule has 3 rings (SSSR count). The molecule has 1 unspecified atom stereocenters. The zero-order chi connectivity index (χ0) is 18.9. The van der Waals surface area contributed by atoms with Gasteiger partial charge in [-0.15, -0.1) is 0 Å². The molecule has 2 heterocycles. The van der Waals surface area contributed by atoms with E-state index in [0.29, 0.717) is 18.0 Å². The number of carbonyl (C=O) groups is 1. The van der Waals surface area contributed by atoms with Crippen LogP contribution in [-0.4, -0.2) is 48.7 Å². The van der Waals surface area contributed by atoms with Gasteiger partial charge in [0, 0.05) is 30.1 Å². The summed E-state index contributed by atoms with van der Waals surface area (Å²) in [4.78, 5) is 23.4. The van der Waals surface area contributed by atoms with E-state index in [1.54, 1.807) is 20.5 Å². The highest BCUT2D eigenvalue weighted by molar-refractivity contribution is 5.92. The largest absolute Gasteiger partial charge is 0.493 e. The summed E-state index contributed by atoms with van der Waals surface area (Å²) in [7, 11) is 3.21. The van der Waals surface area contributed by atoms with Crippen molar-refractivity contribution < 1.29 is 14.3 Å². The molecule has 0 bridgehead atoms. The summed E-state index contributed by atoms with van der Waals surface area (Å²) >= 11 is 0. The number of ether oxygens (including phenoxy) is 2. The predicted octanol–water partition coefficient (Wildman–Crippen LogP) is 2.39. The summed E-state index contributed by atoms with van der Waals surface area (Å²) in [5, 5.41) is 3.96. The van der Waals surface area contributed by atoms with Crippen molar-refractivity contribution in [3.8, 4) is 11.5 Å². The molecule has 26 heavy (non-hydrogen) atoms. The lowest BCUT2D eigenvalue weighted by atomic mass is 10.0. The Morgan fingerprint density at radius 3 is 2.54 bits per heavy atom. The first kappa shape index (κ1) is 18.2. The third kappa shape index (κ3) is 3.66. The molecule has 1 fully saturated rings. The Morgan fingerprint density at radius 1 is 1.19 bits per heavy atom. The summed E-state index contributed by atoms with van der Waals surface area (Å²) in [6.07, 6.45) is 2.35. The molecule has 1 amide bonds. The van der Waals surface area contributed by atoms with Gasteiger partial charge in [-0.2, -0.15) is 0 Å². The number of nitrogens with zero attached hydrogens (tertiary/aromatic N) is 3. The van der Waals surface area contributed by atoms with E-state index in [0.717, 1.165) is 29.7 Å². The molecule has 1 saturated heterocycles. The average Bonchev–Trinajstić information content (AvgIpc) is 3.08. The number of nitrogens with one attached hydrogen (secondary N) is 1. The molecule has 1 aromatic heterocycles. The highest BCUT2D eigenvalue weighted by atomic mass is 16.5. The normalized spacial score (nSPS) is 17.4. The van der Waals surface area contributed by atoms with E-state index in [1.165, 1.54) is 0 Å². The van der Waals surface area contributed by atoms with Crippen LogP contribution < -0.4 is 19.7 Å². The van der Waals surface area contributed by atoms with Gasteiger partial charge in [0.15, 0.2) is 11.5 Å². The molecule has 0 aliphatic carbocycles. The standard InChI is InChI=1S/C19H26N4O3/c1-19(2,3)22-18(24)12-6-7-23(10-12)17-13-8-15(25-4)16(26-5)9-14(13)20-11-21-17/h8-9,11-12H,6-7,10H2,1-5H3,(H,22,24). The van der Waals surface area contributed by atoms with Gasteiger partial charge in [0.1, 0.15) is 12.1 Å². The minimum absolute atomic E-state index is 0.0422. The van der Waals surface area contributed by atoms with Crippen molar-refractivity contribution in [2.45, 2.75) is 32.7 Å². The van der Waals surface area contributed by atoms with Crippen molar-refractivity contribution in [2.24, 2.45) is 5.92 Å². The number of methoxy groups -OCH3 is 2. The minimum atomic E-state index is -0.226. The number of hydrogen-bond acceptors (Lipinski definition) is 6. The number of fused-ring (bicyclic) bond motifs is 1. The Morgan fingerprint density at radius 2 is 1.88 bits per heavy atom. The third-order valence-corrected chi connectivity index (χ3v) is 4.48. The van der Waals surface area contributed by atoms with Crippen LogP contribution in [0.2, 0.25) is 0 Å². The van der Waals surface area contributed by atoms with Crippen molar-refractivity contribution in [1.82, 2.24) is 15.3 Å². The SMILES string of the molecule is COc1cc2ncnc(N3CCC(C(=O)NC(C)(C)C)C3)c2cc1OC. The van der Waals surface area contributed by atoms with Gasteiger partial charge in [-0.3, -0.25) is 4.79 Å². The van der Waals surface area contributed by atoms with Crippen LogP contribution in [0.3, 0.4) is 0 Å². The molecular formula is C19H26N4O3. The lowest BCUT2D eigenvalue weighted by molar-refractivity contribution is -0.125. The van der Waals surface area contributed by atoms with Crippen LogP contribution in [0.15, 0.2) is 18.5 Å². The van der Waals surface area contributed by atoms with E-state index in [2.05, 4.69) is 20.2 Å². The minimum Gasteiger partial charge on any atom is -0.493 e. The maximum Gasteiger partial charge on any atom is 0.225 e. The van der Waals surface area contributed by atoms with E-state index in [-0.39, 0.29) is 17.4 Å². The molecule has 1 N–H and O–H groups in total. The zero-order valence-corrected chi connectivity index (χ0v) is 16.0. The van der Waals surface area contributed by atoms with E-state index in [1.807, 2.05) is 32.9 Å². The van der Waals surface area contributed by atoms with Gasteiger partial charge < -0.3 is 19.7 Å². The summed E-state index contributed by atoms with van der Waals surface area (Å²) in [6.45, 7) is 7.41. The molecule has 1 aliphatic rings. The fourth-order valence-electron chi connectivity index (χ4n) is 3.26. The van der Waals surface area contributed by atoms with Crippen molar-refractivity contribution in [3.63, 3.8) is 0 Å². The molecule has 0 saturated carbocycles. The van der Waals surface area contributed by atoms with Crippen LogP contribution in [0, 0.1) is 5.92 Å². The van der Waals surface area contributed by atoms with Crippen LogP contribution in [0.4, 0.5) is 5.82 Å². The lowest BCUT2D eigenvalue weighted by Crippen LogP contribution is -2.44. The van der Waals surface area contributed by atoms with Gasteiger partial charge in [0.25, 0.3) is 0 Å². The molecule has 0 radical (unpaired) electrons. The number of benzene rings is 1. The van der Waals surface area contributed by atoms with Crippen molar-refractivity contribution in [3.05, 3.63) is 18.5 Å². The van der Waals surface area contributed by atoms with Gasteiger partial charge in [-0.05, 0) is 33.3 Å². The summed E-state index contributed by atoms with van der Waals surface area (Å²) in [6, 6.07) is 3.74. The van der Waals surface area contributed by atoms with Gasteiger partial charge in [-0.1, -0.05) is 0 Å². The maximum absolute atomic E-state index is 12.5. The number of amides is 1. The highest BCUT2D eigenvalue weighted by Gasteiger charge is 2.31. The highest BCUT2D eigenvalue weighted by Crippen LogP contribution is 2.36.